The van der Waals surface area contributed by atoms with Crippen LogP contribution in [-0.4, -0.2) is 49.3 Å². The summed E-state index contributed by atoms with van der Waals surface area (Å²) in [6.07, 6.45) is 0.725. The number of nitrogens with zero attached hydrogens (tertiary/aromatic N) is 1. The first kappa shape index (κ1) is 10.4. The monoisotopic (exact) mass is 232 g/mol. The summed E-state index contributed by atoms with van der Waals surface area (Å²) < 4.78 is 22.3. The summed E-state index contributed by atoms with van der Waals surface area (Å²) in [6, 6.07) is -0.646. The van der Waals surface area contributed by atoms with Crippen LogP contribution in [0.15, 0.2) is 0 Å². The van der Waals surface area contributed by atoms with E-state index in [1.165, 1.54) is 0 Å². The normalized spacial score (nSPS) is 26.8. The van der Waals surface area contributed by atoms with Gasteiger partial charge in [0.1, 0.15) is 9.84 Å². The minimum absolute atomic E-state index is 0.0298. The lowest BCUT2D eigenvalue weighted by Crippen LogP contribution is -2.44. The van der Waals surface area contributed by atoms with Gasteiger partial charge in [-0.3, -0.25) is 9.69 Å². The molecule has 0 radical (unpaired) electrons. The molecule has 0 aromatic carbocycles. The van der Waals surface area contributed by atoms with Gasteiger partial charge in [0.15, 0.2) is 0 Å². The summed E-state index contributed by atoms with van der Waals surface area (Å²) in [5.74, 6) is -0.131. The van der Waals surface area contributed by atoms with E-state index in [0.29, 0.717) is 12.8 Å². The van der Waals surface area contributed by atoms with Gasteiger partial charge >= 0.3 is 6.03 Å². The van der Waals surface area contributed by atoms with Gasteiger partial charge < -0.3 is 5.32 Å². The molecule has 2 saturated heterocycles. The maximum absolute atomic E-state index is 11.3. The van der Waals surface area contributed by atoms with Crippen LogP contribution in [-0.2, 0) is 14.6 Å². The molecule has 0 aromatic rings. The number of nitrogens with one attached hydrogen (secondary N) is 1. The van der Waals surface area contributed by atoms with Crippen molar-refractivity contribution in [3.8, 4) is 0 Å². The number of sulfone groups is 1. The molecule has 2 heterocycles. The van der Waals surface area contributed by atoms with Crippen molar-refractivity contribution in [1.29, 1.82) is 0 Å². The molecular weight excluding hydrogens is 220 g/mol. The van der Waals surface area contributed by atoms with Crippen molar-refractivity contribution >= 4 is 21.8 Å². The van der Waals surface area contributed by atoms with Crippen molar-refractivity contribution in [1.82, 2.24) is 10.2 Å². The number of amides is 3. The van der Waals surface area contributed by atoms with Crippen LogP contribution in [0.4, 0.5) is 4.79 Å². The number of imide groups is 1. The van der Waals surface area contributed by atoms with Crippen molar-refractivity contribution in [3.63, 3.8) is 0 Å². The molecule has 7 heteroatoms. The Bertz CT molecular complexity index is 373. The van der Waals surface area contributed by atoms with E-state index in [0.717, 1.165) is 4.90 Å². The van der Waals surface area contributed by atoms with Crippen LogP contribution >= 0.6 is 0 Å². The molecule has 1 N–H and O–H groups in total. The molecule has 2 aliphatic rings. The highest BCUT2D eigenvalue weighted by molar-refractivity contribution is 7.91. The highest BCUT2D eigenvalue weighted by Crippen LogP contribution is 2.19. The summed E-state index contributed by atoms with van der Waals surface area (Å²) in [5.41, 5.74) is 0. The Kier molecular flexibility index (Phi) is 2.41. The number of urea groups is 1. The maximum Gasteiger partial charge on any atom is 0.324 e. The lowest BCUT2D eigenvalue weighted by molar-refractivity contribution is -0.126. The fourth-order valence-corrected chi connectivity index (χ4v) is 3.41. The van der Waals surface area contributed by atoms with Crippen molar-refractivity contribution in [2.45, 2.75) is 18.9 Å². The third-order valence-electron chi connectivity index (χ3n) is 2.77. The van der Waals surface area contributed by atoms with E-state index in [1.807, 2.05) is 0 Å². The second-order valence-corrected chi connectivity index (χ2v) is 6.11. The summed E-state index contributed by atoms with van der Waals surface area (Å²) in [7, 11) is -2.95. The molecule has 0 aliphatic carbocycles. The SMILES string of the molecule is O=C1CNC(=O)N1C1CCS(=O)(=O)CC1. The molecule has 0 saturated carbocycles. The molecule has 0 aromatic heterocycles. The number of rotatable bonds is 1. The minimum atomic E-state index is -2.95. The Morgan fingerprint density at radius 1 is 1.20 bits per heavy atom. The zero-order valence-corrected chi connectivity index (χ0v) is 8.92. The molecule has 15 heavy (non-hydrogen) atoms. The van der Waals surface area contributed by atoms with Crippen molar-refractivity contribution in [2.75, 3.05) is 18.1 Å². The zero-order valence-electron chi connectivity index (χ0n) is 8.10. The van der Waals surface area contributed by atoms with Gasteiger partial charge in [-0.05, 0) is 12.8 Å². The van der Waals surface area contributed by atoms with Gasteiger partial charge in [-0.25, -0.2) is 13.2 Å². The fraction of sp³-hybridized carbons (Fsp3) is 0.750. The Morgan fingerprint density at radius 3 is 2.27 bits per heavy atom. The molecule has 2 rings (SSSR count). The molecule has 3 amide bonds. The number of carbonyl (C=O) groups excluding carboxylic acids is 2. The average molecular weight is 232 g/mol. The third kappa shape index (κ3) is 1.97. The smallest absolute Gasteiger partial charge is 0.324 e. The summed E-state index contributed by atoms with van der Waals surface area (Å²) in [6.45, 7) is 0.0298. The Hall–Kier alpha value is -1.11. The molecule has 2 aliphatic heterocycles. The Labute approximate surface area is 87.5 Å². The van der Waals surface area contributed by atoms with E-state index in [1.54, 1.807) is 0 Å². The topological polar surface area (TPSA) is 83.6 Å². The predicted molar refractivity (Wildman–Crippen MR) is 51.9 cm³/mol. The van der Waals surface area contributed by atoms with Gasteiger partial charge in [-0.1, -0.05) is 0 Å². The Morgan fingerprint density at radius 2 is 1.80 bits per heavy atom. The molecule has 6 nitrogen and oxygen atoms in total. The lowest BCUT2D eigenvalue weighted by atomic mass is 10.1. The zero-order chi connectivity index (χ0) is 11.1. The van der Waals surface area contributed by atoms with Crippen molar-refractivity contribution in [3.05, 3.63) is 0 Å². The third-order valence-corrected chi connectivity index (χ3v) is 4.48. The van der Waals surface area contributed by atoms with Gasteiger partial charge in [0.2, 0.25) is 5.91 Å². The molecule has 0 unspecified atom stereocenters. The minimum Gasteiger partial charge on any atom is -0.329 e. The van der Waals surface area contributed by atoms with Gasteiger partial charge in [0.05, 0.1) is 18.1 Å². The molecule has 0 spiro atoms. The maximum atomic E-state index is 11.3. The van der Waals surface area contributed by atoms with Gasteiger partial charge in [0.25, 0.3) is 0 Å². The molecule has 2 fully saturated rings. The summed E-state index contributed by atoms with van der Waals surface area (Å²) in [5, 5.41) is 2.43. The first-order chi connectivity index (χ1) is 6.99. The Balaban J connectivity index is 2.07. The largest absolute Gasteiger partial charge is 0.329 e. The van der Waals surface area contributed by atoms with Crippen molar-refractivity contribution in [2.24, 2.45) is 0 Å². The van der Waals surface area contributed by atoms with Gasteiger partial charge in [-0.2, -0.15) is 0 Å². The van der Waals surface area contributed by atoms with Gasteiger partial charge in [-0.15, -0.1) is 0 Å². The summed E-state index contributed by atoms with van der Waals surface area (Å²) in [4.78, 5) is 23.8. The highest BCUT2D eigenvalue weighted by atomic mass is 32.2. The van der Waals surface area contributed by atoms with Crippen LogP contribution in [0, 0.1) is 0 Å². The van der Waals surface area contributed by atoms with Crippen LogP contribution in [0.3, 0.4) is 0 Å². The number of hydrogen-bond donors (Lipinski definition) is 1. The van der Waals surface area contributed by atoms with E-state index >= 15 is 0 Å². The van der Waals surface area contributed by atoms with E-state index in [-0.39, 0.29) is 30.0 Å². The molecular formula is C8H12N2O4S. The van der Waals surface area contributed by atoms with E-state index < -0.39 is 15.9 Å². The van der Waals surface area contributed by atoms with Crippen LogP contribution in [0.2, 0.25) is 0 Å². The summed E-state index contributed by atoms with van der Waals surface area (Å²) >= 11 is 0. The quantitative estimate of drug-likeness (QED) is 0.595. The van der Waals surface area contributed by atoms with Crippen molar-refractivity contribution < 1.29 is 18.0 Å². The second-order valence-electron chi connectivity index (χ2n) is 3.81. The van der Waals surface area contributed by atoms with Crippen LogP contribution in [0.5, 0.6) is 0 Å². The second kappa shape index (κ2) is 3.48. The van der Waals surface area contributed by atoms with E-state index in [2.05, 4.69) is 5.32 Å². The van der Waals surface area contributed by atoms with Gasteiger partial charge in [0, 0.05) is 6.04 Å². The molecule has 0 atom stereocenters. The highest BCUT2D eigenvalue weighted by Gasteiger charge is 2.37. The molecule has 84 valence electrons. The molecule has 0 bridgehead atoms. The standard InChI is InChI=1S/C8H12N2O4S/c11-7-5-9-8(12)10(7)6-1-3-15(13,14)4-2-6/h6H,1-5H2,(H,9,12). The number of carbonyl (C=O) groups is 2. The van der Waals surface area contributed by atoms with E-state index in [4.69, 9.17) is 0 Å². The number of hydrogen-bond acceptors (Lipinski definition) is 4. The van der Waals surface area contributed by atoms with Crippen LogP contribution < -0.4 is 5.32 Å². The van der Waals surface area contributed by atoms with Crippen LogP contribution in [0.25, 0.3) is 0 Å². The average Bonchev–Trinajstić information content (AvgIpc) is 2.48. The van der Waals surface area contributed by atoms with E-state index in [9.17, 15) is 18.0 Å². The lowest BCUT2D eigenvalue weighted by Gasteiger charge is -2.28. The fourth-order valence-electron chi connectivity index (χ4n) is 1.94. The van der Waals surface area contributed by atoms with Crippen LogP contribution in [0.1, 0.15) is 12.8 Å². The predicted octanol–water partition coefficient (Wildman–Crippen LogP) is -0.885. The first-order valence-electron chi connectivity index (χ1n) is 4.80. The first-order valence-corrected chi connectivity index (χ1v) is 6.62.